The third-order valence-corrected chi connectivity index (χ3v) is 21.6. The third kappa shape index (κ3) is 8.21. The van der Waals surface area contributed by atoms with Crippen LogP contribution in [-0.2, 0) is 0 Å². The minimum Gasteiger partial charge on any atom is -0.455 e. The third-order valence-electron chi connectivity index (χ3n) is 17.8. The summed E-state index contributed by atoms with van der Waals surface area (Å²) in [4.78, 5) is 4.99. The van der Waals surface area contributed by atoms with Gasteiger partial charge < -0.3 is 13.6 Å². The lowest BCUT2D eigenvalue weighted by atomic mass is 9.95. The monoisotopic (exact) mass is 1140 g/mol. The smallest absolute Gasteiger partial charge is 0.143 e. The van der Waals surface area contributed by atoms with Gasteiger partial charge in [-0.15, -0.1) is 10.0 Å². The van der Waals surface area contributed by atoms with Crippen molar-refractivity contribution in [2.45, 2.75) is 19.6 Å². The van der Waals surface area contributed by atoms with Crippen LogP contribution >= 0.6 is 10.0 Å². The van der Waals surface area contributed by atoms with E-state index in [-0.39, 0.29) is 0 Å². The lowest BCUT2D eigenvalue weighted by molar-refractivity contribution is 0.670. The number of furan rings is 1. The molecular weight excluding hydrogens is 1090 g/mol. The Morgan fingerprint density at radius 2 is 0.670 bits per heavy atom. The summed E-state index contributed by atoms with van der Waals surface area (Å²) in [5.74, 6) is 0. The molecule has 0 spiro atoms. The van der Waals surface area contributed by atoms with Gasteiger partial charge in [0, 0.05) is 79.8 Å². The number of hydrogen-bond acceptors (Lipinski definition) is 1. The lowest BCUT2D eigenvalue weighted by Gasteiger charge is -2.43. The first-order valence-electron chi connectivity index (χ1n) is 30.1. The van der Waals surface area contributed by atoms with E-state index >= 15 is 0 Å². The van der Waals surface area contributed by atoms with Crippen LogP contribution in [0.15, 0.2) is 364 Å². The van der Waals surface area contributed by atoms with E-state index in [0.29, 0.717) is 0 Å². The molecule has 3 nitrogen and oxygen atoms in total. The Morgan fingerprint density at radius 1 is 0.239 bits per heavy atom. The number of rotatable bonds is 11. The van der Waals surface area contributed by atoms with E-state index in [2.05, 4.69) is 343 Å². The molecule has 0 amide bonds. The van der Waals surface area contributed by atoms with Crippen molar-refractivity contribution in [1.82, 2.24) is 9.13 Å². The molecule has 0 radical (unpaired) electrons. The van der Waals surface area contributed by atoms with Gasteiger partial charge in [0.05, 0.1) is 27.8 Å². The summed E-state index contributed by atoms with van der Waals surface area (Å²) in [6.45, 7) is 0. The molecule has 0 N–H and O–H groups in total. The SMILES string of the molecule is c1ccc(-c2cc(-c3ccccc3)cc(S(c3ccccc3)(c3ccccc3)c3cc(-c4ccccc4)c(-n4c5ccccc5c5cc(-n6c7ccccc7c7cccc(-c8cccc9c8oc8ccccc89)c76)ccc54)c(-c4ccccc4)c3)c2)cc1. The Morgan fingerprint density at radius 3 is 1.25 bits per heavy atom. The lowest BCUT2D eigenvalue weighted by Crippen LogP contribution is -2.08. The van der Waals surface area contributed by atoms with Gasteiger partial charge >= 0.3 is 0 Å². The second-order valence-electron chi connectivity index (χ2n) is 22.7. The summed E-state index contributed by atoms with van der Waals surface area (Å²) in [5.41, 5.74) is 20.0. The minimum absolute atomic E-state index is 0.888. The van der Waals surface area contributed by atoms with Gasteiger partial charge in [0.1, 0.15) is 11.2 Å². The number of hydrogen-bond donors (Lipinski definition) is 0. The molecule has 4 heteroatoms. The van der Waals surface area contributed by atoms with Crippen LogP contribution in [0.4, 0.5) is 0 Å². The average Bonchev–Trinajstić information content (AvgIpc) is 1.72. The number of fused-ring (bicyclic) bond motifs is 9. The highest BCUT2D eigenvalue weighted by Crippen LogP contribution is 2.75. The first kappa shape index (κ1) is 51.3. The van der Waals surface area contributed by atoms with E-state index in [4.69, 9.17) is 4.42 Å². The van der Waals surface area contributed by atoms with Crippen molar-refractivity contribution in [3.05, 3.63) is 340 Å². The Kier molecular flexibility index (Phi) is 12.3. The molecule has 0 aliphatic heterocycles. The quantitative estimate of drug-likeness (QED) is 0.127. The van der Waals surface area contributed by atoms with Crippen LogP contribution in [0, 0.1) is 0 Å². The first-order valence-corrected chi connectivity index (χ1v) is 31.8. The molecule has 14 aromatic carbocycles. The maximum atomic E-state index is 6.77. The maximum absolute atomic E-state index is 6.77. The van der Waals surface area contributed by atoms with Gasteiger partial charge in [-0.3, -0.25) is 0 Å². The summed E-state index contributed by atoms with van der Waals surface area (Å²) >= 11 is 0. The van der Waals surface area contributed by atoms with Gasteiger partial charge in [-0.1, -0.05) is 249 Å². The summed E-state index contributed by atoms with van der Waals surface area (Å²) in [6, 6.07) is 126. The van der Waals surface area contributed by atoms with Crippen molar-refractivity contribution in [2.75, 3.05) is 0 Å². The molecule has 0 saturated carbocycles. The summed E-state index contributed by atoms with van der Waals surface area (Å²) < 4.78 is 11.8. The number of aromatic nitrogens is 2. The van der Waals surface area contributed by atoms with Crippen molar-refractivity contribution in [3.63, 3.8) is 0 Å². The van der Waals surface area contributed by atoms with Crippen LogP contribution in [-0.4, -0.2) is 9.13 Å². The predicted octanol–water partition coefficient (Wildman–Crippen LogP) is 23.5. The standard InChI is InChI=1S/C84H56N2OS/c1-7-27-57(28-8-1)61-51-62(58-29-9-2-10-30-58)53-66(52-61)88(64-35-15-5-16-36-64,65-37-17-6-18-38-65)67-55-75(59-31-11-3-12-32-59)83(76(56-67)60-33-13-4-14-34-60)86-79-47-23-20-40-69(79)77-54-63(49-50-80(77)86)85-78-46-22-19-39-68(78)71-42-25-43-72(82(71)85)74-45-26-44-73-70-41-21-24-48-81(70)87-84(73)74/h1-56H. The molecule has 88 heavy (non-hydrogen) atoms. The van der Waals surface area contributed by atoms with Gasteiger partial charge in [0.2, 0.25) is 0 Å². The van der Waals surface area contributed by atoms with E-state index in [0.717, 1.165) is 94.1 Å². The molecule has 0 aliphatic carbocycles. The van der Waals surface area contributed by atoms with Crippen molar-refractivity contribution < 1.29 is 4.42 Å². The topological polar surface area (TPSA) is 23.0 Å². The van der Waals surface area contributed by atoms with E-state index in [1.54, 1.807) is 0 Å². The van der Waals surface area contributed by atoms with Gasteiger partial charge in [0.15, 0.2) is 0 Å². The van der Waals surface area contributed by atoms with Crippen molar-refractivity contribution in [1.29, 1.82) is 0 Å². The zero-order valence-corrected chi connectivity index (χ0v) is 48.9. The molecule has 0 unspecified atom stereocenters. The Balaban J connectivity index is 0.966. The molecule has 414 valence electrons. The predicted molar refractivity (Wildman–Crippen MR) is 370 cm³/mol. The molecule has 3 heterocycles. The Bertz CT molecular complexity index is 5320. The normalized spacial score (nSPS) is 12.0. The second-order valence-corrected chi connectivity index (χ2v) is 25.8. The highest BCUT2D eigenvalue weighted by molar-refractivity contribution is 8.34. The van der Waals surface area contributed by atoms with E-state index in [1.807, 2.05) is 6.07 Å². The maximum Gasteiger partial charge on any atom is 0.143 e. The van der Waals surface area contributed by atoms with E-state index in [1.165, 1.54) is 58.0 Å². The van der Waals surface area contributed by atoms with Gasteiger partial charge in [-0.2, -0.15) is 0 Å². The van der Waals surface area contributed by atoms with E-state index < -0.39 is 10.0 Å². The zero-order valence-electron chi connectivity index (χ0n) is 48.0. The van der Waals surface area contributed by atoms with Crippen molar-refractivity contribution in [2.24, 2.45) is 0 Å². The number of para-hydroxylation sites is 5. The van der Waals surface area contributed by atoms with Crippen molar-refractivity contribution in [3.8, 4) is 67.0 Å². The minimum atomic E-state index is -2.33. The molecule has 0 bridgehead atoms. The van der Waals surface area contributed by atoms with Crippen LogP contribution in [0.5, 0.6) is 0 Å². The molecule has 17 rings (SSSR count). The van der Waals surface area contributed by atoms with Crippen molar-refractivity contribution >= 4 is 75.6 Å². The molecular formula is C84H56N2OS. The molecule has 0 aliphatic rings. The first-order chi connectivity index (χ1) is 43.7. The fraction of sp³-hybridized carbons (Fsp3) is 0. The Hall–Kier alpha value is -11.2. The summed E-state index contributed by atoms with van der Waals surface area (Å²) in [6.07, 6.45) is 0. The van der Waals surface area contributed by atoms with Gasteiger partial charge in [-0.25, -0.2) is 0 Å². The average molecular weight is 1140 g/mol. The van der Waals surface area contributed by atoms with Gasteiger partial charge in [0.25, 0.3) is 0 Å². The zero-order chi connectivity index (χ0) is 58.1. The highest BCUT2D eigenvalue weighted by atomic mass is 32.3. The van der Waals surface area contributed by atoms with Gasteiger partial charge in [-0.05, 0) is 124 Å². The van der Waals surface area contributed by atoms with E-state index in [9.17, 15) is 0 Å². The molecule has 0 fully saturated rings. The molecule has 0 atom stereocenters. The molecule has 0 saturated heterocycles. The van der Waals surface area contributed by atoms with Crippen LogP contribution in [0.2, 0.25) is 0 Å². The fourth-order valence-electron chi connectivity index (χ4n) is 13.9. The number of benzene rings is 14. The number of nitrogens with zero attached hydrogens (tertiary/aromatic N) is 2. The van der Waals surface area contributed by atoms with Crippen LogP contribution in [0.25, 0.3) is 133 Å². The van der Waals surface area contributed by atoms with Crippen LogP contribution in [0.3, 0.4) is 0 Å². The largest absolute Gasteiger partial charge is 0.455 e. The Labute approximate surface area is 512 Å². The van der Waals surface area contributed by atoms with Crippen LogP contribution in [0.1, 0.15) is 0 Å². The summed E-state index contributed by atoms with van der Waals surface area (Å²) in [7, 11) is -2.33. The van der Waals surface area contributed by atoms with Crippen LogP contribution < -0.4 is 0 Å². The highest BCUT2D eigenvalue weighted by Gasteiger charge is 2.36. The fourth-order valence-corrected chi connectivity index (χ4v) is 17.9. The molecule has 3 aromatic heterocycles. The summed E-state index contributed by atoms with van der Waals surface area (Å²) in [5, 5.41) is 6.96. The second kappa shape index (κ2) is 21.1. The molecule has 17 aromatic rings.